The Balaban J connectivity index is 2.05. The molecule has 0 spiro atoms. The first kappa shape index (κ1) is 14.7. The molecule has 108 valence electrons. The molecule has 2 heterocycles. The monoisotopic (exact) mass is 296 g/mol. The molecule has 1 unspecified atom stereocenters. The second-order valence-corrected chi connectivity index (χ2v) is 5.20. The molecule has 7 nitrogen and oxygen atoms in total. The molecular weight excluding hydrogens is 280 g/mol. The lowest BCUT2D eigenvalue weighted by Gasteiger charge is -2.14. The third-order valence-electron chi connectivity index (χ3n) is 2.57. The molecule has 1 atom stereocenters. The largest absolute Gasteiger partial charge is 0.391 e. The molecule has 0 bridgehead atoms. The van der Waals surface area contributed by atoms with E-state index in [-0.39, 0.29) is 5.28 Å². The fourth-order valence-corrected chi connectivity index (χ4v) is 1.90. The van der Waals surface area contributed by atoms with E-state index in [1.54, 1.807) is 23.3 Å². The van der Waals surface area contributed by atoms with Gasteiger partial charge in [-0.2, -0.15) is 15.0 Å². The Morgan fingerprint density at radius 2 is 2.15 bits per heavy atom. The topological polar surface area (TPSA) is 88.8 Å². The maximum atomic E-state index is 9.82. The van der Waals surface area contributed by atoms with Crippen LogP contribution in [0, 0.1) is 5.92 Å². The predicted molar refractivity (Wildman–Crippen MR) is 75.9 cm³/mol. The van der Waals surface area contributed by atoms with Gasteiger partial charge in [0.1, 0.15) is 6.33 Å². The Labute approximate surface area is 122 Å². The number of aliphatic hydroxyl groups is 1. The van der Waals surface area contributed by atoms with E-state index in [4.69, 9.17) is 11.6 Å². The second-order valence-electron chi connectivity index (χ2n) is 4.86. The third-order valence-corrected chi connectivity index (χ3v) is 2.74. The number of rotatable bonds is 6. The van der Waals surface area contributed by atoms with Crippen LogP contribution in [-0.2, 0) is 0 Å². The molecule has 20 heavy (non-hydrogen) atoms. The van der Waals surface area contributed by atoms with Crippen molar-refractivity contribution in [1.29, 1.82) is 0 Å². The highest BCUT2D eigenvalue weighted by Gasteiger charge is 2.10. The molecule has 0 radical (unpaired) electrons. The summed E-state index contributed by atoms with van der Waals surface area (Å²) in [4.78, 5) is 16.1. The molecule has 0 aliphatic heterocycles. The summed E-state index contributed by atoms with van der Waals surface area (Å²) in [6.07, 6.45) is 5.16. The van der Waals surface area contributed by atoms with Crippen LogP contribution in [-0.4, -0.2) is 42.3 Å². The highest BCUT2D eigenvalue weighted by Crippen LogP contribution is 2.10. The van der Waals surface area contributed by atoms with Crippen molar-refractivity contribution in [2.75, 3.05) is 11.9 Å². The van der Waals surface area contributed by atoms with Crippen molar-refractivity contribution in [1.82, 2.24) is 24.5 Å². The number of anilines is 1. The smallest absolute Gasteiger partial charge is 0.241 e. The Bertz CT molecular complexity index is 545. The van der Waals surface area contributed by atoms with E-state index in [0.717, 1.165) is 0 Å². The molecule has 2 aromatic rings. The van der Waals surface area contributed by atoms with Gasteiger partial charge in [-0.3, -0.25) is 4.57 Å². The van der Waals surface area contributed by atoms with Crippen molar-refractivity contribution in [2.24, 2.45) is 5.92 Å². The zero-order chi connectivity index (χ0) is 14.5. The van der Waals surface area contributed by atoms with Gasteiger partial charge in [-0.05, 0) is 23.9 Å². The molecule has 2 N–H and O–H groups in total. The van der Waals surface area contributed by atoms with Crippen LogP contribution < -0.4 is 5.32 Å². The number of hydrogen-bond acceptors (Lipinski definition) is 6. The van der Waals surface area contributed by atoms with Gasteiger partial charge in [0.2, 0.25) is 17.2 Å². The van der Waals surface area contributed by atoms with E-state index in [1.165, 1.54) is 0 Å². The number of nitrogens with zero attached hydrogens (tertiary/aromatic N) is 5. The van der Waals surface area contributed by atoms with Crippen molar-refractivity contribution in [3.63, 3.8) is 0 Å². The highest BCUT2D eigenvalue weighted by atomic mass is 35.5. The van der Waals surface area contributed by atoms with Gasteiger partial charge in [-0.15, -0.1) is 0 Å². The number of imidazole rings is 1. The minimum absolute atomic E-state index is 0.0875. The molecule has 0 amide bonds. The molecule has 2 rings (SSSR count). The quantitative estimate of drug-likeness (QED) is 0.840. The van der Waals surface area contributed by atoms with Gasteiger partial charge in [0.25, 0.3) is 0 Å². The molecule has 0 fully saturated rings. The van der Waals surface area contributed by atoms with Gasteiger partial charge in [0.15, 0.2) is 0 Å². The zero-order valence-electron chi connectivity index (χ0n) is 11.4. The number of nitrogens with one attached hydrogen (secondary N) is 1. The molecule has 2 aromatic heterocycles. The van der Waals surface area contributed by atoms with Gasteiger partial charge in [0, 0.05) is 18.9 Å². The van der Waals surface area contributed by atoms with Crippen LogP contribution in [0.5, 0.6) is 0 Å². The summed E-state index contributed by atoms with van der Waals surface area (Å²) < 4.78 is 1.63. The summed E-state index contributed by atoms with van der Waals surface area (Å²) in [5.41, 5.74) is 0. The Kier molecular flexibility index (Phi) is 4.86. The van der Waals surface area contributed by atoms with Crippen molar-refractivity contribution >= 4 is 17.5 Å². The maximum Gasteiger partial charge on any atom is 0.241 e. The van der Waals surface area contributed by atoms with Gasteiger partial charge in [-0.1, -0.05) is 13.8 Å². The molecule has 0 aliphatic rings. The summed E-state index contributed by atoms with van der Waals surface area (Å²) >= 11 is 5.87. The molecule has 0 saturated heterocycles. The van der Waals surface area contributed by atoms with Crippen LogP contribution in [0.1, 0.15) is 20.3 Å². The van der Waals surface area contributed by atoms with Crippen LogP contribution in [0.3, 0.4) is 0 Å². The number of aromatic nitrogens is 5. The SMILES string of the molecule is CC(C)CC(O)CNc1nc(Cl)nc(-n2ccnc2)n1. The summed E-state index contributed by atoms with van der Waals surface area (Å²) in [5.74, 6) is 1.13. The molecule has 0 aromatic carbocycles. The van der Waals surface area contributed by atoms with E-state index in [2.05, 4.69) is 39.1 Å². The number of aliphatic hydroxyl groups excluding tert-OH is 1. The average molecular weight is 297 g/mol. The van der Waals surface area contributed by atoms with Gasteiger partial charge < -0.3 is 10.4 Å². The molecular formula is C12H17ClN6O. The van der Waals surface area contributed by atoms with E-state index in [0.29, 0.717) is 30.8 Å². The summed E-state index contributed by atoms with van der Waals surface area (Å²) in [5, 5.41) is 12.9. The first-order valence-corrected chi connectivity index (χ1v) is 6.74. The Morgan fingerprint density at radius 3 is 2.80 bits per heavy atom. The van der Waals surface area contributed by atoms with Gasteiger partial charge >= 0.3 is 0 Å². The maximum absolute atomic E-state index is 9.82. The summed E-state index contributed by atoms with van der Waals surface area (Å²) in [6.45, 7) is 4.47. The van der Waals surface area contributed by atoms with Crippen LogP contribution in [0.15, 0.2) is 18.7 Å². The predicted octanol–water partition coefficient (Wildman–Crippen LogP) is 1.53. The Morgan fingerprint density at radius 1 is 1.35 bits per heavy atom. The van der Waals surface area contributed by atoms with Crippen molar-refractivity contribution in [3.05, 3.63) is 24.0 Å². The van der Waals surface area contributed by atoms with Crippen LogP contribution >= 0.6 is 11.6 Å². The third kappa shape index (κ3) is 4.14. The van der Waals surface area contributed by atoms with E-state index < -0.39 is 6.10 Å². The van der Waals surface area contributed by atoms with Crippen LogP contribution in [0.4, 0.5) is 5.95 Å². The lowest BCUT2D eigenvalue weighted by atomic mass is 10.1. The zero-order valence-corrected chi connectivity index (χ0v) is 12.1. The van der Waals surface area contributed by atoms with Crippen molar-refractivity contribution < 1.29 is 5.11 Å². The van der Waals surface area contributed by atoms with Crippen LogP contribution in [0.25, 0.3) is 5.95 Å². The minimum atomic E-state index is -0.456. The Hall–Kier alpha value is -1.73. The van der Waals surface area contributed by atoms with E-state index >= 15 is 0 Å². The lowest BCUT2D eigenvalue weighted by Crippen LogP contribution is -2.22. The fourth-order valence-electron chi connectivity index (χ4n) is 1.75. The lowest BCUT2D eigenvalue weighted by molar-refractivity contribution is 0.161. The van der Waals surface area contributed by atoms with Crippen molar-refractivity contribution in [2.45, 2.75) is 26.4 Å². The summed E-state index contributed by atoms with van der Waals surface area (Å²) in [6, 6.07) is 0. The molecule has 0 saturated carbocycles. The van der Waals surface area contributed by atoms with E-state index in [1.807, 2.05) is 0 Å². The minimum Gasteiger partial charge on any atom is -0.391 e. The van der Waals surface area contributed by atoms with Crippen molar-refractivity contribution in [3.8, 4) is 5.95 Å². The van der Waals surface area contributed by atoms with Crippen LogP contribution in [0.2, 0.25) is 5.28 Å². The fraction of sp³-hybridized carbons (Fsp3) is 0.500. The first-order valence-electron chi connectivity index (χ1n) is 6.36. The second kappa shape index (κ2) is 6.62. The first-order chi connectivity index (χ1) is 9.54. The average Bonchev–Trinajstić information content (AvgIpc) is 2.89. The number of halogens is 1. The van der Waals surface area contributed by atoms with Gasteiger partial charge in [0.05, 0.1) is 6.10 Å². The normalized spacial score (nSPS) is 12.7. The van der Waals surface area contributed by atoms with Gasteiger partial charge in [-0.25, -0.2) is 4.98 Å². The standard InChI is InChI=1S/C12H17ClN6O/c1-8(2)5-9(20)6-15-11-16-10(13)17-12(18-11)19-4-3-14-7-19/h3-4,7-9,20H,5-6H2,1-2H3,(H,15,16,17,18). The van der Waals surface area contributed by atoms with E-state index in [9.17, 15) is 5.11 Å². The number of hydrogen-bond donors (Lipinski definition) is 2. The highest BCUT2D eigenvalue weighted by molar-refractivity contribution is 6.28. The molecule has 0 aliphatic carbocycles. The summed E-state index contributed by atoms with van der Waals surface area (Å²) in [7, 11) is 0. The molecule has 8 heteroatoms.